The van der Waals surface area contributed by atoms with E-state index in [4.69, 9.17) is 16.3 Å². The molecule has 126 valence electrons. The van der Waals surface area contributed by atoms with Gasteiger partial charge in [0.05, 0.1) is 6.61 Å². The van der Waals surface area contributed by atoms with Crippen molar-refractivity contribution in [3.05, 3.63) is 70.9 Å². The van der Waals surface area contributed by atoms with E-state index in [9.17, 15) is 4.79 Å². The Balaban J connectivity index is 1.93. The number of hydrogen-bond acceptors (Lipinski definition) is 3. The van der Waals surface area contributed by atoms with Gasteiger partial charge in [-0.05, 0) is 55.3 Å². The maximum absolute atomic E-state index is 12.2. The number of nitrogens with one attached hydrogen (secondary N) is 1. The Morgan fingerprint density at radius 3 is 2.67 bits per heavy atom. The average molecular weight is 344 g/mol. The molecule has 3 nitrogen and oxygen atoms in total. The number of allylic oxidation sites excluding steroid dienone is 1. The highest BCUT2D eigenvalue weighted by Gasteiger charge is 2.03. The zero-order chi connectivity index (χ0) is 17.4. The molecule has 0 atom stereocenters. The minimum absolute atomic E-state index is 0.0673. The predicted molar refractivity (Wildman–Crippen MR) is 100 cm³/mol. The molecule has 0 spiro atoms. The van der Waals surface area contributed by atoms with Gasteiger partial charge in [0.1, 0.15) is 5.75 Å². The summed E-state index contributed by atoms with van der Waals surface area (Å²) in [5.74, 6) is 0.721. The number of aryl methyl sites for hydroxylation is 1. The Labute approximate surface area is 148 Å². The van der Waals surface area contributed by atoms with Crippen molar-refractivity contribution in [2.24, 2.45) is 0 Å². The maximum atomic E-state index is 12.2. The van der Waals surface area contributed by atoms with E-state index in [2.05, 4.69) is 12.2 Å². The minimum atomic E-state index is -0.0673. The third-order valence-corrected chi connectivity index (χ3v) is 3.81. The van der Waals surface area contributed by atoms with Crippen LogP contribution in [0.4, 0.5) is 5.69 Å². The average Bonchev–Trinajstić information content (AvgIpc) is 2.58. The van der Waals surface area contributed by atoms with Crippen LogP contribution in [0.5, 0.6) is 5.75 Å². The molecule has 0 saturated heterocycles. The lowest BCUT2D eigenvalue weighted by Gasteiger charge is -2.06. The first kappa shape index (κ1) is 18.1. The summed E-state index contributed by atoms with van der Waals surface area (Å²) in [4.78, 5) is 12.2. The van der Waals surface area contributed by atoms with Crippen LogP contribution in [0.15, 0.2) is 54.7 Å². The summed E-state index contributed by atoms with van der Waals surface area (Å²) in [5, 5.41) is 3.74. The van der Waals surface area contributed by atoms with Gasteiger partial charge in [-0.25, -0.2) is 0 Å². The summed E-state index contributed by atoms with van der Waals surface area (Å²) >= 11 is 5.97. The van der Waals surface area contributed by atoms with Gasteiger partial charge < -0.3 is 10.1 Å². The number of benzene rings is 2. The first-order chi connectivity index (χ1) is 11.6. The van der Waals surface area contributed by atoms with E-state index in [0.717, 1.165) is 29.8 Å². The van der Waals surface area contributed by atoms with Gasteiger partial charge in [-0.15, -0.1) is 0 Å². The van der Waals surface area contributed by atoms with Crippen molar-refractivity contribution in [1.82, 2.24) is 0 Å². The van der Waals surface area contributed by atoms with Crippen molar-refractivity contribution in [2.75, 3.05) is 11.9 Å². The molecular formula is C20H22ClNO2. The third-order valence-electron chi connectivity index (χ3n) is 3.58. The molecule has 0 amide bonds. The van der Waals surface area contributed by atoms with Crippen LogP contribution in [0.3, 0.4) is 0 Å². The van der Waals surface area contributed by atoms with Gasteiger partial charge >= 0.3 is 0 Å². The number of carbonyl (C=O) groups excluding carboxylic acids is 1. The largest absolute Gasteiger partial charge is 0.494 e. The highest BCUT2D eigenvalue weighted by Crippen LogP contribution is 2.20. The van der Waals surface area contributed by atoms with Crippen molar-refractivity contribution in [2.45, 2.75) is 26.7 Å². The number of unbranched alkanes of at least 4 members (excludes halogenated alkanes) is 1. The van der Waals surface area contributed by atoms with E-state index in [1.54, 1.807) is 18.3 Å². The summed E-state index contributed by atoms with van der Waals surface area (Å²) in [6.07, 6.45) is 5.26. The smallest absolute Gasteiger partial charge is 0.187 e. The fourth-order valence-electron chi connectivity index (χ4n) is 2.10. The molecule has 0 radical (unpaired) electrons. The Hall–Kier alpha value is -2.26. The second kappa shape index (κ2) is 9.14. The molecular weight excluding hydrogens is 322 g/mol. The lowest BCUT2D eigenvalue weighted by molar-refractivity contribution is 0.104. The molecule has 0 fully saturated rings. The fraction of sp³-hybridized carbons (Fsp3) is 0.250. The topological polar surface area (TPSA) is 38.3 Å². The van der Waals surface area contributed by atoms with Crippen molar-refractivity contribution >= 4 is 23.1 Å². The molecule has 0 aliphatic carbocycles. The number of ether oxygens (including phenoxy) is 1. The Kier molecular flexibility index (Phi) is 6.89. The second-order valence-electron chi connectivity index (χ2n) is 5.53. The number of anilines is 1. The van der Waals surface area contributed by atoms with Crippen LogP contribution < -0.4 is 10.1 Å². The van der Waals surface area contributed by atoms with Crippen LogP contribution in [0.2, 0.25) is 5.02 Å². The first-order valence-corrected chi connectivity index (χ1v) is 8.44. The van der Waals surface area contributed by atoms with Crippen molar-refractivity contribution in [1.29, 1.82) is 0 Å². The lowest BCUT2D eigenvalue weighted by atomic mass is 10.1. The van der Waals surface area contributed by atoms with E-state index in [0.29, 0.717) is 17.2 Å². The van der Waals surface area contributed by atoms with Crippen LogP contribution in [-0.4, -0.2) is 12.4 Å². The van der Waals surface area contributed by atoms with Crippen molar-refractivity contribution in [3.8, 4) is 5.75 Å². The minimum Gasteiger partial charge on any atom is -0.494 e. The molecule has 0 saturated carbocycles. The maximum Gasteiger partial charge on any atom is 0.187 e. The Morgan fingerprint density at radius 1 is 1.21 bits per heavy atom. The van der Waals surface area contributed by atoms with Crippen LogP contribution in [-0.2, 0) is 0 Å². The normalized spacial score (nSPS) is 10.8. The zero-order valence-electron chi connectivity index (χ0n) is 14.0. The van der Waals surface area contributed by atoms with Crippen LogP contribution in [0.25, 0.3) is 0 Å². The molecule has 1 N–H and O–H groups in total. The molecule has 0 unspecified atom stereocenters. The van der Waals surface area contributed by atoms with E-state index in [-0.39, 0.29) is 5.78 Å². The monoisotopic (exact) mass is 343 g/mol. The quantitative estimate of drug-likeness (QED) is 0.383. The summed E-state index contributed by atoms with van der Waals surface area (Å²) in [5.41, 5.74) is 2.56. The van der Waals surface area contributed by atoms with Crippen LogP contribution >= 0.6 is 11.6 Å². The molecule has 0 bridgehead atoms. The molecule has 2 aromatic carbocycles. The molecule has 0 heterocycles. The van der Waals surface area contributed by atoms with Gasteiger partial charge in [0.2, 0.25) is 0 Å². The summed E-state index contributed by atoms with van der Waals surface area (Å²) in [6.45, 7) is 4.80. The summed E-state index contributed by atoms with van der Waals surface area (Å²) < 4.78 is 5.59. The SMILES string of the molecule is CCCCOc1ccc(C(=O)C=CNc2cc(Cl)ccc2C)cc1. The fourth-order valence-corrected chi connectivity index (χ4v) is 2.27. The molecule has 0 aromatic heterocycles. The van der Waals surface area contributed by atoms with Gasteiger partial charge in [0.15, 0.2) is 5.78 Å². The van der Waals surface area contributed by atoms with Crippen LogP contribution in [0, 0.1) is 6.92 Å². The molecule has 2 rings (SSSR count). The standard InChI is InChI=1S/C20H22ClNO2/c1-3-4-13-24-18-9-6-16(7-10-18)20(23)11-12-22-19-14-17(21)8-5-15(19)2/h5-12,14,22H,3-4,13H2,1-2H3. The van der Waals surface area contributed by atoms with Gasteiger partial charge in [-0.3, -0.25) is 4.79 Å². The van der Waals surface area contributed by atoms with Crippen molar-refractivity contribution in [3.63, 3.8) is 0 Å². The predicted octanol–water partition coefficient (Wildman–Crippen LogP) is 5.64. The highest BCUT2D eigenvalue weighted by atomic mass is 35.5. The summed E-state index contributed by atoms with van der Waals surface area (Å²) in [7, 11) is 0. The summed E-state index contributed by atoms with van der Waals surface area (Å²) in [6, 6.07) is 12.8. The third kappa shape index (κ3) is 5.43. The lowest BCUT2D eigenvalue weighted by Crippen LogP contribution is -1.99. The van der Waals surface area contributed by atoms with Gasteiger partial charge in [-0.2, -0.15) is 0 Å². The Bertz CT molecular complexity index is 708. The molecule has 2 aromatic rings. The highest BCUT2D eigenvalue weighted by molar-refractivity contribution is 6.30. The van der Waals surface area contributed by atoms with E-state index < -0.39 is 0 Å². The number of halogens is 1. The van der Waals surface area contributed by atoms with Gasteiger partial charge in [0.25, 0.3) is 0 Å². The molecule has 0 aliphatic heterocycles. The molecule has 24 heavy (non-hydrogen) atoms. The Morgan fingerprint density at radius 2 is 1.96 bits per heavy atom. The first-order valence-electron chi connectivity index (χ1n) is 8.06. The van der Waals surface area contributed by atoms with E-state index in [1.807, 2.05) is 37.3 Å². The number of ketones is 1. The number of carbonyl (C=O) groups is 1. The van der Waals surface area contributed by atoms with Crippen LogP contribution in [0.1, 0.15) is 35.7 Å². The van der Waals surface area contributed by atoms with Gasteiger partial charge in [-0.1, -0.05) is 31.0 Å². The molecule has 0 aliphatic rings. The molecule has 4 heteroatoms. The van der Waals surface area contributed by atoms with Crippen molar-refractivity contribution < 1.29 is 9.53 Å². The zero-order valence-corrected chi connectivity index (χ0v) is 14.8. The van der Waals surface area contributed by atoms with E-state index >= 15 is 0 Å². The number of rotatable bonds is 8. The van der Waals surface area contributed by atoms with E-state index in [1.165, 1.54) is 6.08 Å². The second-order valence-corrected chi connectivity index (χ2v) is 5.96. The number of hydrogen-bond donors (Lipinski definition) is 1. The van der Waals surface area contributed by atoms with Gasteiger partial charge in [0, 0.05) is 28.5 Å².